The Kier molecular flexibility index (Phi) is 16.3. The SMILES string of the molecule is C[C@@H]1O[C@@H](OC[C@H]2O[C@@H](O[C@H]3CC[C@]4(C)[C@H]5CC=C6[C@@H]7CC(C)(C)[C@@H](O)C[C@]7(C(=O)O)[C@H](O)C[C@@]6(C)[C@]5(C)CC[C@H]4C3(C)C)[C@H](O[C@@H]3O[C@H](CO)[C@@H](O)[C@H](O)[C@H]3O)[C@@H](O)[C@@H]2O)[C@@H](O[C@@H]2OC[C@@H](O)[C@H](O)[C@H]2O)[C@H](O)[C@@H]1O. The van der Waals surface area contributed by atoms with Crippen LogP contribution >= 0.6 is 0 Å². The average molecular weight is 1090 g/mol. The third-order valence-corrected chi connectivity index (χ3v) is 21.3. The number of ether oxygens (including phenoxy) is 8. The zero-order valence-corrected chi connectivity index (χ0v) is 44.7. The van der Waals surface area contributed by atoms with Crippen LogP contribution in [0.4, 0.5) is 0 Å². The van der Waals surface area contributed by atoms with E-state index < -0.39 is 188 Å². The molecule has 0 amide bonds. The third-order valence-electron chi connectivity index (χ3n) is 21.3. The van der Waals surface area contributed by atoms with E-state index in [2.05, 4.69) is 40.7 Å². The zero-order valence-electron chi connectivity index (χ0n) is 44.7. The fraction of sp³-hybridized carbons (Fsp3) is 0.943. The molecule has 23 heteroatoms. The van der Waals surface area contributed by atoms with Gasteiger partial charge in [0.05, 0.1) is 44.2 Å². The van der Waals surface area contributed by atoms with E-state index in [9.17, 15) is 76.3 Å². The van der Waals surface area contributed by atoms with Crippen LogP contribution in [0.3, 0.4) is 0 Å². The standard InChI is InChI=1S/C53H86O23/c1-21-32(58)37(63)41(75-43-39(65)33(59)24(55)19-69-43)45(71-21)70-20-26-35(61)38(64)42(76-44-40(66)36(62)34(60)25(18-54)72-44)46(73-26)74-31-12-13-50(6)27(49(31,4)5)11-14-51(7)28(50)10-9-22-23-15-48(2,3)29(56)17-53(23,47(67)68)30(57)16-52(22,51)8/h9,21,23-46,54-66H,10-20H2,1-8H3,(H,67,68)/t21-,23-,24+,25+,26+,27-,28+,29-,30+,31-,32+,33-,34+,35+,36-,37+,38-,39+,40+,41-,42+,43-,44-,45+,46-,50-,51+,52+,53+/m0/s1. The molecule has 436 valence electrons. The van der Waals surface area contributed by atoms with Gasteiger partial charge >= 0.3 is 5.97 Å². The van der Waals surface area contributed by atoms with Gasteiger partial charge in [-0.25, -0.2) is 0 Å². The highest BCUT2D eigenvalue weighted by Gasteiger charge is 2.72. The van der Waals surface area contributed by atoms with Crippen molar-refractivity contribution in [3.63, 3.8) is 0 Å². The van der Waals surface area contributed by atoms with Crippen LogP contribution in [0.5, 0.6) is 0 Å². The Bertz CT molecular complexity index is 2110. The van der Waals surface area contributed by atoms with E-state index in [1.54, 1.807) is 0 Å². The second kappa shape index (κ2) is 21.0. The molecular weight excluding hydrogens is 1000 g/mol. The molecule has 4 heterocycles. The maximum Gasteiger partial charge on any atom is 0.312 e. The zero-order chi connectivity index (χ0) is 55.7. The Hall–Kier alpha value is -1.63. The van der Waals surface area contributed by atoms with Crippen molar-refractivity contribution in [3.05, 3.63) is 11.6 Å². The van der Waals surface area contributed by atoms with Crippen molar-refractivity contribution < 1.29 is 114 Å². The van der Waals surface area contributed by atoms with Crippen molar-refractivity contribution in [2.45, 2.75) is 242 Å². The summed E-state index contributed by atoms with van der Waals surface area (Å²) in [5.74, 6) is -1.46. The van der Waals surface area contributed by atoms with E-state index >= 15 is 0 Å². The molecule has 0 radical (unpaired) electrons. The van der Waals surface area contributed by atoms with E-state index in [1.165, 1.54) is 6.92 Å². The average Bonchev–Trinajstić information content (AvgIpc) is 3.54. The van der Waals surface area contributed by atoms with E-state index in [-0.39, 0.29) is 35.5 Å². The number of hydrogen-bond donors (Lipinski definition) is 14. The second-order valence-corrected chi connectivity index (χ2v) is 26.0. The van der Waals surface area contributed by atoms with Gasteiger partial charge in [0.15, 0.2) is 25.2 Å². The first kappa shape index (κ1) is 59.0. The summed E-state index contributed by atoms with van der Waals surface area (Å²) in [7, 11) is 0. The fourth-order valence-corrected chi connectivity index (χ4v) is 16.2. The first-order valence-corrected chi connectivity index (χ1v) is 27.3. The fourth-order valence-electron chi connectivity index (χ4n) is 16.2. The summed E-state index contributed by atoms with van der Waals surface area (Å²) >= 11 is 0. The molecule has 0 spiro atoms. The lowest BCUT2D eigenvalue weighted by Crippen LogP contribution is -2.69. The van der Waals surface area contributed by atoms with Crippen LogP contribution in [-0.2, 0) is 42.7 Å². The van der Waals surface area contributed by atoms with Crippen LogP contribution in [0.25, 0.3) is 0 Å². The Labute approximate surface area is 442 Å². The van der Waals surface area contributed by atoms with Gasteiger partial charge in [0.1, 0.15) is 90.9 Å². The maximum atomic E-state index is 13.3. The number of fused-ring (bicyclic) bond motifs is 7. The van der Waals surface area contributed by atoms with Gasteiger partial charge in [-0.15, -0.1) is 0 Å². The lowest BCUT2D eigenvalue weighted by atomic mass is 9.33. The molecule has 8 fully saturated rings. The van der Waals surface area contributed by atoms with Crippen LogP contribution in [-0.4, -0.2) is 232 Å². The highest BCUT2D eigenvalue weighted by Crippen LogP contribution is 2.76. The quantitative estimate of drug-likeness (QED) is 0.0797. The summed E-state index contributed by atoms with van der Waals surface area (Å²) in [5.41, 5.74) is -2.91. The molecule has 9 rings (SSSR count). The summed E-state index contributed by atoms with van der Waals surface area (Å²) in [6.07, 6.45) is -27.5. The molecule has 0 bridgehead atoms. The van der Waals surface area contributed by atoms with Crippen LogP contribution in [0.2, 0.25) is 0 Å². The minimum Gasteiger partial charge on any atom is -0.481 e. The van der Waals surface area contributed by atoms with Crippen LogP contribution in [0, 0.1) is 50.2 Å². The number of hydrogen-bond acceptors (Lipinski definition) is 22. The van der Waals surface area contributed by atoms with E-state index in [0.717, 1.165) is 18.4 Å². The van der Waals surface area contributed by atoms with Gasteiger partial charge in [-0.3, -0.25) is 4.79 Å². The smallest absolute Gasteiger partial charge is 0.312 e. The molecule has 4 aliphatic heterocycles. The Morgan fingerprint density at radius 1 is 0.632 bits per heavy atom. The predicted molar refractivity (Wildman–Crippen MR) is 259 cm³/mol. The summed E-state index contributed by atoms with van der Waals surface area (Å²) in [4.78, 5) is 13.3. The van der Waals surface area contributed by atoms with Crippen molar-refractivity contribution in [1.29, 1.82) is 0 Å². The Morgan fingerprint density at radius 3 is 1.92 bits per heavy atom. The Morgan fingerprint density at radius 2 is 1.25 bits per heavy atom. The van der Waals surface area contributed by atoms with Gasteiger partial charge in [0.2, 0.25) is 0 Å². The lowest BCUT2D eigenvalue weighted by molar-refractivity contribution is -0.385. The summed E-state index contributed by atoms with van der Waals surface area (Å²) in [6.45, 7) is 14.6. The number of carboxylic acid groups (broad SMARTS) is 1. The summed E-state index contributed by atoms with van der Waals surface area (Å²) in [6, 6.07) is 0. The van der Waals surface area contributed by atoms with Crippen molar-refractivity contribution >= 4 is 5.97 Å². The molecule has 4 saturated carbocycles. The van der Waals surface area contributed by atoms with Crippen molar-refractivity contribution in [2.75, 3.05) is 19.8 Å². The second-order valence-electron chi connectivity index (χ2n) is 26.0. The molecule has 0 aromatic rings. The van der Waals surface area contributed by atoms with E-state index in [0.29, 0.717) is 25.7 Å². The topological polar surface area (TPSA) is 374 Å². The first-order valence-electron chi connectivity index (χ1n) is 27.3. The van der Waals surface area contributed by atoms with Crippen molar-refractivity contribution in [2.24, 2.45) is 50.2 Å². The molecular formula is C53H86O23. The molecule has 0 aromatic heterocycles. The minimum absolute atomic E-state index is 0.00833. The van der Waals surface area contributed by atoms with E-state index in [1.807, 2.05) is 13.8 Å². The minimum atomic E-state index is -1.90. The lowest BCUT2D eigenvalue weighted by Gasteiger charge is -2.72. The number of allylic oxidation sites excluding steroid dienone is 2. The summed E-state index contributed by atoms with van der Waals surface area (Å²) < 4.78 is 48.5. The monoisotopic (exact) mass is 1090 g/mol. The molecule has 76 heavy (non-hydrogen) atoms. The number of carboxylic acids is 1. The molecule has 9 aliphatic rings. The molecule has 4 saturated heterocycles. The van der Waals surface area contributed by atoms with Gasteiger partial charge in [-0.05, 0) is 103 Å². The highest BCUT2D eigenvalue weighted by molar-refractivity contribution is 5.78. The molecule has 23 nitrogen and oxygen atoms in total. The van der Waals surface area contributed by atoms with Gasteiger partial charge in [-0.1, -0.05) is 60.1 Å². The predicted octanol–water partition coefficient (Wildman–Crippen LogP) is -1.86. The number of aliphatic hydroxyl groups excluding tert-OH is 13. The van der Waals surface area contributed by atoms with Crippen LogP contribution < -0.4 is 0 Å². The summed E-state index contributed by atoms with van der Waals surface area (Å²) in [5, 5.41) is 153. The van der Waals surface area contributed by atoms with E-state index in [4.69, 9.17) is 37.9 Å². The number of aliphatic carboxylic acids is 1. The largest absolute Gasteiger partial charge is 0.481 e. The third kappa shape index (κ3) is 9.27. The van der Waals surface area contributed by atoms with Gasteiger partial charge in [0.25, 0.3) is 0 Å². The number of rotatable bonds is 11. The Balaban J connectivity index is 0.979. The normalized spacial score (nSPS) is 55.0. The maximum absolute atomic E-state index is 13.3. The molecule has 14 N–H and O–H groups in total. The first-order chi connectivity index (χ1) is 35.4. The molecule has 29 atom stereocenters. The van der Waals surface area contributed by atoms with Gasteiger partial charge in [-0.2, -0.15) is 0 Å². The highest BCUT2D eigenvalue weighted by atomic mass is 16.8. The van der Waals surface area contributed by atoms with Crippen LogP contribution in [0.15, 0.2) is 11.6 Å². The van der Waals surface area contributed by atoms with Gasteiger partial charge < -0.3 is 109 Å². The molecule has 0 unspecified atom stereocenters. The van der Waals surface area contributed by atoms with Crippen molar-refractivity contribution in [3.8, 4) is 0 Å². The number of aliphatic hydroxyl groups is 13. The van der Waals surface area contributed by atoms with Gasteiger partial charge in [0, 0.05) is 0 Å². The molecule has 5 aliphatic carbocycles. The van der Waals surface area contributed by atoms with Crippen LogP contribution in [0.1, 0.15) is 107 Å². The van der Waals surface area contributed by atoms with Crippen molar-refractivity contribution in [1.82, 2.24) is 0 Å². The number of carbonyl (C=O) groups is 1. The molecule has 0 aromatic carbocycles.